The maximum absolute atomic E-state index is 14.3. The molecule has 0 radical (unpaired) electrons. The highest BCUT2D eigenvalue weighted by Gasteiger charge is 2.76. The third-order valence-corrected chi connectivity index (χ3v) is 11.0. The number of phenols is 1. The highest BCUT2D eigenvalue weighted by molar-refractivity contribution is 14.1. The predicted octanol–water partition coefficient (Wildman–Crippen LogP) is 3.79. The largest absolute Gasteiger partial charge is 0.504 e. The number of nitrogens with zero attached hydrogens (tertiary/aromatic N) is 2. The first-order valence-corrected chi connectivity index (χ1v) is 14.6. The van der Waals surface area contributed by atoms with Crippen LogP contribution in [-0.2, 0) is 19.2 Å². The summed E-state index contributed by atoms with van der Waals surface area (Å²) in [5, 5.41) is 10.5. The van der Waals surface area contributed by atoms with Crippen molar-refractivity contribution in [1.29, 1.82) is 0 Å². The molecule has 2 aromatic rings. The lowest BCUT2D eigenvalue weighted by atomic mass is 9.56. The number of fused-ring (bicyclic) bond motifs is 4. The minimum absolute atomic E-state index is 0.0410. The van der Waals surface area contributed by atoms with Crippen molar-refractivity contribution in [2.45, 2.75) is 28.5 Å². The lowest BCUT2D eigenvalue weighted by Gasteiger charge is -2.50. The molecule has 2 aromatic carbocycles. The monoisotopic (exact) mass is 727 g/mol. The van der Waals surface area contributed by atoms with Gasteiger partial charge < -0.3 is 15.6 Å². The number of benzene rings is 2. The summed E-state index contributed by atoms with van der Waals surface area (Å²) in [5.41, 5.74) is 6.23. The van der Waals surface area contributed by atoms with E-state index < -0.39 is 68.9 Å². The average Bonchev–Trinajstić information content (AvgIpc) is 3.29. The lowest BCUT2D eigenvalue weighted by molar-refractivity contribution is -0.136. The molecule has 3 fully saturated rings. The summed E-state index contributed by atoms with van der Waals surface area (Å²) in [6.07, 6.45) is 1.42. The Hall–Kier alpha value is -3.23. The molecular formula is C28H21Cl2FIN3O7. The molecule has 6 rings (SSSR count). The van der Waals surface area contributed by atoms with Crippen molar-refractivity contribution in [3.05, 3.63) is 63.0 Å². The van der Waals surface area contributed by atoms with Gasteiger partial charge in [0.25, 0.3) is 11.8 Å². The summed E-state index contributed by atoms with van der Waals surface area (Å²) in [5.74, 6) is -8.07. The molecule has 6 unspecified atom stereocenters. The molecule has 10 nitrogen and oxygen atoms in total. The van der Waals surface area contributed by atoms with Crippen LogP contribution in [0.25, 0.3) is 0 Å². The van der Waals surface area contributed by atoms with E-state index in [0.717, 1.165) is 17.0 Å². The van der Waals surface area contributed by atoms with Crippen LogP contribution < -0.4 is 15.4 Å². The highest BCUT2D eigenvalue weighted by Crippen LogP contribution is 2.66. The molecule has 14 heteroatoms. The van der Waals surface area contributed by atoms with Crippen molar-refractivity contribution in [3.8, 4) is 11.5 Å². The Bertz CT molecular complexity index is 1650. The van der Waals surface area contributed by atoms with E-state index in [-0.39, 0.29) is 30.0 Å². The van der Waals surface area contributed by atoms with Gasteiger partial charge in [-0.3, -0.25) is 19.2 Å². The first kappa shape index (κ1) is 28.9. The number of ether oxygens (including phenoxy) is 1. The molecule has 4 aliphatic rings. The number of primary amides is 1. The number of hydrogen-bond donors (Lipinski definition) is 2. The summed E-state index contributed by atoms with van der Waals surface area (Å²) in [4.78, 5) is 63.9. The molecule has 1 saturated carbocycles. The molecular weight excluding hydrogens is 707 g/mol. The van der Waals surface area contributed by atoms with Crippen LogP contribution in [0.5, 0.6) is 11.5 Å². The van der Waals surface area contributed by atoms with Crippen LogP contribution in [0.4, 0.5) is 14.9 Å². The van der Waals surface area contributed by atoms with Crippen LogP contribution in [0.15, 0.2) is 48.0 Å². The molecule has 2 saturated heterocycles. The van der Waals surface area contributed by atoms with Crippen LogP contribution in [0, 0.1) is 27.1 Å². The number of carbonyl (C=O) groups is 5. The fourth-order valence-electron chi connectivity index (χ4n) is 6.91. The van der Waals surface area contributed by atoms with Gasteiger partial charge >= 0.3 is 6.03 Å². The smallest absolute Gasteiger partial charge is 0.328 e. The number of carbonyl (C=O) groups excluding carboxylic acids is 5. The summed E-state index contributed by atoms with van der Waals surface area (Å²) >= 11 is 16.4. The quantitative estimate of drug-likeness (QED) is 0.212. The third-order valence-electron chi connectivity index (χ3n) is 8.72. The fourth-order valence-corrected chi connectivity index (χ4v) is 8.47. The van der Waals surface area contributed by atoms with Crippen LogP contribution >= 0.6 is 45.8 Å². The number of aromatic hydroxyl groups is 1. The van der Waals surface area contributed by atoms with E-state index >= 15 is 0 Å². The van der Waals surface area contributed by atoms with E-state index in [0.29, 0.717) is 19.6 Å². The molecule has 42 heavy (non-hydrogen) atoms. The standard InChI is InChI=1S/C28H21Cl2FIN3O7/c1-42-18-9-11(8-17(32)21(18)36)20-14-6-7-15-19(23(38)35(22(15)37)26(33)41)16(14)10-27(29)24(39)34(25(40)28(20,27)30)13-4-2-12(31)3-5-13/h2-6,8-9,15-16,19-20,36H,7,10H2,1H3,(H2,33,41). The second-order valence-corrected chi connectivity index (χ2v) is 13.1. The van der Waals surface area contributed by atoms with Gasteiger partial charge in [0.2, 0.25) is 11.8 Å². The maximum atomic E-state index is 14.3. The second-order valence-electron chi connectivity index (χ2n) is 10.7. The lowest BCUT2D eigenvalue weighted by Crippen LogP contribution is -2.60. The van der Waals surface area contributed by atoms with Gasteiger partial charge in [0.15, 0.2) is 21.2 Å². The zero-order chi connectivity index (χ0) is 30.5. The van der Waals surface area contributed by atoms with Gasteiger partial charge in [-0.2, -0.15) is 4.90 Å². The SMILES string of the molecule is COc1cc(C2C3=CCC4C(=O)N(C(N)=O)C(=O)C4C3CC3(Cl)C(=O)N(c4ccc(F)cc4)C(=O)C23Cl)cc(I)c1O. The van der Waals surface area contributed by atoms with E-state index in [2.05, 4.69) is 0 Å². The van der Waals surface area contributed by atoms with E-state index in [1.807, 2.05) is 22.6 Å². The number of hydrogen-bond acceptors (Lipinski definition) is 7. The summed E-state index contributed by atoms with van der Waals surface area (Å²) < 4.78 is 19.4. The first-order valence-electron chi connectivity index (χ1n) is 12.7. The molecule has 3 N–H and O–H groups in total. The molecule has 2 heterocycles. The number of anilines is 1. The number of imide groups is 4. The molecule has 6 atom stereocenters. The average molecular weight is 728 g/mol. The summed E-state index contributed by atoms with van der Waals surface area (Å²) in [6, 6.07) is 6.47. The Balaban J connectivity index is 1.59. The van der Waals surface area contributed by atoms with Crippen molar-refractivity contribution in [1.82, 2.24) is 4.90 Å². The summed E-state index contributed by atoms with van der Waals surface area (Å²) in [6.45, 7) is 0. The number of amides is 6. The number of allylic oxidation sites excluding steroid dienone is 2. The number of urea groups is 1. The number of methoxy groups -OCH3 is 1. The Morgan fingerprint density at radius 3 is 2.38 bits per heavy atom. The van der Waals surface area contributed by atoms with Crippen molar-refractivity contribution >= 4 is 81.1 Å². The minimum Gasteiger partial charge on any atom is -0.504 e. The molecule has 2 aliphatic heterocycles. The van der Waals surface area contributed by atoms with Crippen LogP contribution in [-0.4, -0.2) is 56.5 Å². The van der Waals surface area contributed by atoms with Gasteiger partial charge in [0, 0.05) is 5.92 Å². The third kappa shape index (κ3) is 3.63. The van der Waals surface area contributed by atoms with E-state index in [4.69, 9.17) is 33.7 Å². The predicted molar refractivity (Wildman–Crippen MR) is 155 cm³/mol. The van der Waals surface area contributed by atoms with Gasteiger partial charge in [-0.05, 0) is 83.3 Å². The number of phenolic OH excluding ortho intramolecular Hbond substituents is 1. The van der Waals surface area contributed by atoms with Gasteiger partial charge in [0.1, 0.15) is 5.82 Å². The topological polar surface area (TPSA) is 147 Å². The Kier molecular flexibility index (Phi) is 6.63. The second kappa shape index (κ2) is 9.64. The van der Waals surface area contributed by atoms with Gasteiger partial charge in [-0.25, -0.2) is 14.1 Å². The number of alkyl halides is 2. The molecule has 2 aliphatic carbocycles. The summed E-state index contributed by atoms with van der Waals surface area (Å²) in [7, 11) is 1.34. The Morgan fingerprint density at radius 1 is 1.10 bits per heavy atom. The number of halogens is 4. The molecule has 218 valence electrons. The molecule has 0 spiro atoms. The van der Waals surface area contributed by atoms with Crippen molar-refractivity contribution in [2.75, 3.05) is 12.0 Å². The molecule has 0 bridgehead atoms. The Morgan fingerprint density at radius 2 is 1.76 bits per heavy atom. The maximum Gasteiger partial charge on any atom is 0.328 e. The minimum atomic E-state index is -2.16. The van der Waals surface area contributed by atoms with Gasteiger partial charge in [-0.15, -0.1) is 23.2 Å². The molecule has 0 aromatic heterocycles. The van der Waals surface area contributed by atoms with Crippen molar-refractivity contribution < 1.29 is 38.2 Å². The van der Waals surface area contributed by atoms with Crippen molar-refractivity contribution in [2.24, 2.45) is 23.5 Å². The molecule has 6 amide bonds. The van der Waals surface area contributed by atoms with Crippen molar-refractivity contribution in [3.63, 3.8) is 0 Å². The highest BCUT2D eigenvalue weighted by atomic mass is 127. The van der Waals surface area contributed by atoms with Gasteiger partial charge in [-0.1, -0.05) is 11.6 Å². The number of rotatable bonds is 3. The zero-order valence-corrected chi connectivity index (χ0v) is 25.3. The zero-order valence-electron chi connectivity index (χ0n) is 21.6. The number of nitrogens with two attached hydrogens (primary N) is 1. The fraction of sp³-hybridized carbons (Fsp3) is 0.321. The van der Waals surface area contributed by atoms with E-state index in [1.54, 1.807) is 12.1 Å². The number of likely N-dealkylation sites (tertiary alicyclic amines) is 1. The van der Waals surface area contributed by atoms with Gasteiger partial charge in [0.05, 0.1) is 28.2 Å². The Labute approximate surface area is 261 Å². The first-order chi connectivity index (χ1) is 19.8. The van der Waals surface area contributed by atoms with Crippen LogP contribution in [0.2, 0.25) is 0 Å². The van der Waals surface area contributed by atoms with Crippen LogP contribution in [0.1, 0.15) is 24.3 Å². The van der Waals surface area contributed by atoms with Crippen LogP contribution in [0.3, 0.4) is 0 Å². The van der Waals surface area contributed by atoms with E-state index in [9.17, 15) is 33.5 Å². The van der Waals surface area contributed by atoms with E-state index in [1.165, 1.54) is 25.3 Å². The normalized spacial score (nSPS) is 32.0.